The van der Waals surface area contributed by atoms with Crippen molar-refractivity contribution in [3.8, 4) is 0 Å². The summed E-state index contributed by atoms with van der Waals surface area (Å²) in [7, 11) is 0. The van der Waals surface area contributed by atoms with Crippen molar-refractivity contribution in [2.24, 2.45) is 0 Å². The first-order valence-corrected chi connectivity index (χ1v) is 14.6. The quantitative estimate of drug-likeness (QED) is 0.275. The average Bonchev–Trinajstić information content (AvgIpc) is 3.36. The molecule has 2 fully saturated rings. The smallest absolute Gasteiger partial charge is 0.169 e. The molecule has 0 radical (unpaired) electrons. The van der Waals surface area contributed by atoms with Gasteiger partial charge >= 0.3 is 0 Å². The highest BCUT2D eigenvalue weighted by Crippen LogP contribution is 2.43. The van der Waals surface area contributed by atoms with Crippen LogP contribution in [0.25, 0.3) is 0 Å². The number of hydrogen-bond acceptors (Lipinski definition) is 6. The summed E-state index contributed by atoms with van der Waals surface area (Å²) < 4.78 is 32.3. The normalized spacial score (nSPS) is 22.6. The van der Waals surface area contributed by atoms with Gasteiger partial charge in [-0.15, -0.1) is 0 Å². The number of rotatable bonds is 13. The van der Waals surface area contributed by atoms with Gasteiger partial charge in [-0.2, -0.15) is 0 Å². The monoisotopic (exact) mass is 546 g/mol. The summed E-state index contributed by atoms with van der Waals surface area (Å²) in [5, 5.41) is 11.4. The van der Waals surface area contributed by atoms with E-state index < -0.39 is 30.2 Å². The SMILES string of the molecule is CC(OCc1ccccc1)C(OCc1ccccc1)C1OC2(CCCCC2)OC1C(O)COCc1ccccc1. The molecule has 214 valence electrons. The van der Waals surface area contributed by atoms with Crippen molar-refractivity contribution < 1.29 is 28.8 Å². The van der Waals surface area contributed by atoms with Crippen LogP contribution in [-0.4, -0.2) is 48.0 Å². The molecule has 40 heavy (non-hydrogen) atoms. The van der Waals surface area contributed by atoms with E-state index in [-0.39, 0.29) is 12.7 Å². The van der Waals surface area contributed by atoms with Crippen molar-refractivity contribution in [2.75, 3.05) is 6.61 Å². The summed E-state index contributed by atoms with van der Waals surface area (Å²) in [4.78, 5) is 0. The minimum absolute atomic E-state index is 0.139. The van der Waals surface area contributed by atoms with Gasteiger partial charge in [-0.3, -0.25) is 0 Å². The largest absolute Gasteiger partial charge is 0.388 e. The third kappa shape index (κ3) is 7.78. The zero-order valence-electron chi connectivity index (χ0n) is 23.4. The molecule has 5 unspecified atom stereocenters. The number of aliphatic hydroxyl groups is 1. The van der Waals surface area contributed by atoms with Gasteiger partial charge in [0.2, 0.25) is 0 Å². The van der Waals surface area contributed by atoms with Crippen LogP contribution in [0.15, 0.2) is 91.0 Å². The molecule has 2 aliphatic rings. The Morgan fingerprint density at radius 2 is 1.20 bits per heavy atom. The highest BCUT2D eigenvalue weighted by atomic mass is 16.8. The van der Waals surface area contributed by atoms with Crippen molar-refractivity contribution in [1.82, 2.24) is 0 Å². The maximum atomic E-state index is 11.4. The Labute approximate surface area is 238 Å². The predicted molar refractivity (Wildman–Crippen MR) is 153 cm³/mol. The van der Waals surface area contributed by atoms with Gasteiger partial charge in [0.25, 0.3) is 0 Å². The third-order valence-corrected chi connectivity index (χ3v) is 7.85. The summed E-state index contributed by atoms with van der Waals surface area (Å²) in [5.74, 6) is -0.707. The number of ether oxygens (including phenoxy) is 5. The van der Waals surface area contributed by atoms with E-state index in [2.05, 4.69) is 12.1 Å². The maximum absolute atomic E-state index is 11.4. The molecule has 6 heteroatoms. The molecule has 1 saturated heterocycles. The molecule has 6 nitrogen and oxygen atoms in total. The molecule has 1 heterocycles. The second kappa shape index (κ2) is 14.4. The Balaban J connectivity index is 1.33. The average molecular weight is 547 g/mol. The van der Waals surface area contributed by atoms with Gasteiger partial charge in [-0.05, 0) is 36.5 Å². The van der Waals surface area contributed by atoms with Crippen molar-refractivity contribution in [3.05, 3.63) is 108 Å². The van der Waals surface area contributed by atoms with Crippen molar-refractivity contribution in [2.45, 2.75) is 95.2 Å². The Kier molecular flexibility index (Phi) is 10.4. The second-order valence-electron chi connectivity index (χ2n) is 11.0. The first-order valence-electron chi connectivity index (χ1n) is 14.6. The lowest BCUT2D eigenvalue weighted by Gasteiger charge is -2.34. The Bertz CT molecular complexity index is 1120. The van der Waals surface area contributed by atoms with E-state index >= 15 is 0 Å². The molecule has 0 bridgehead atoms. The van der Waals surface area contributed by atoms with Gasteiger partial charge in [0, 0.05) is 12.8 Å². The molecule has 0 aromatic heterocycles. The van der Waals surface area contributed by atoms with E-state index in [0.717, 1.165) is 48.8 Å². The number of benzene rings is 3. The summed E-state index contributed by atoms with van der Waals surface area (Å²) >= 11 is 0. The lowest BCUT2D eigenvalue weighted by molar-refractivity contribution is -0.213. The Hall–Kier alpha value is -2.58. The van der Waals surface area contributed by atoms with E-state index in [9.17, 15) is 5.11 Å². The molecular weight excluding hydrogens is 504 g/mol. The molecule has 5 rings (SSSR count). The van der Waals surface area contributed by atoms with Crippen LogP contribution >= 0.6 is 0 Å². The molecule has 1 aliphatic heterocycles. The molecule has 3 aromatic carbocycles. The van der Waals surface area contributed by atoms with Gasteiger partial charge in [0.1, 0.15) is 24.4 Å². The van der Waals surface area contributed by atoms with Gasteiger partial charge < -0.3 is 28.8 Å². The number of aliphatic hydroxyl groups excluding tert-OH is 1. The topological polar surface area (TPSA) is 66.4 Å². The highest BCUT2D eigenvalue weighted by Gasteiger charge is 2.54. The van der Waals surface area contributed by atoms with E-state index in [1.165, 1.54) is 0 Å². The van der Waals surface area contributed by atoms with Crippen LogP contribution in [0.1, 0.15) is 55.7 Å². The van der Waals surface area contributed by atoms with Crippen LogP contribution in [0.3, 0.4) is 0 Å². The second-order valence-corrected chi connectivity index (χ2v) is 11.0. The van der Waals surface area contributed by atoms with E-state index in [0.29, 0.717) is 19.8 Å². The summed E-state index contributed by atoms with van der Waals surface area (Å²) in [6.07, 6.45) is 2.10. The third-order valence-electron chi connectivity index (χ3n) is 7.85. The highest BCUT2D eigenvalue weighted by molar-refractivity contribution is 5.15. The van der Waals surface area contributed by atoms with Crippen molar-refractivity contribution in [3.63, 3.8) is 0 Å². The first kappa shape index (κ1) is 28.9. The van der Waals surface area contributed by atoms with E-state index in [4.69, 9.17) is 23.7 Å². The van der Waals surface area contributed by atoms with Crippen LogP contribution in [0.4, 0.5) is 0 Å². The van der Waals surface area contributed by atoms with E-state index in [1.54, 1.807) is 0 Å². The van der Waals surface area contributed by atoms with Crippen LogP contribution < -0.4 is 0 Å². The zero-order chi connectivity index (χ0) is 27.6. The van der Waals surface area contributed by atoms with E-state index in [1.807, 2.05) is 85.8 Å². The van der Waals surface area contributed by atoms with Gasteiger partial charge in [0.05, 0.1) is 32.5 Å². The zero-order valence-corrected chi connectivity index (χ0v) is 23.4. The fraction of sp³-hybridized carbons (Fsp3) is 0.471. The van der Waals surface area contributed by atoms with Crippen molar-refractivity contribution >= 4 is 0 Å². The molecule has 1 saturated carbocycles. The Morgan fingerprint density at radius 3 is 1.77 bits per heavy atom. The molecule has 0 amide bonds. The van der Waals surface area contributed by atoms with Crippen LogP contribution in [-0.2, 0) is 43.5 Å². The standard InChI is InChI=1S/C34H42O6/c1-26(37-23-28-16-8-3-9-17-28)31(38-24-29-18-10-4-11-19-29)33-32(39-34(40-33)20-12-5-13-21-34)30(35)25-36-22-27-14-6-2-7-15-27/h2-4,6-11,14-19,26,30-33,35H,5,12-13,20-25H2,1H3. The van der Waals surface area contributed by atoms with Crippen LogP contribution in [0, 0.1) is 0 Å². The summed E-state index contributed by atoms with van der Waals surface area (Å²) in [6.45, 7) is 3.44. The number of hydrogen-bond donors (Lipinski definition) is 1. The molecule has 3 aromatic rings. The minimum Gasteiger partial charge on any atom is -0.388 e. The van der Waals surface area contributed by atoms with Gasteiger partial charge in [0.15, 0.2) is 5.79 Å². The first-order chi connectivity index (χ1) is 19.6. The fourth-order valence-electron chi connectivity index (χ4n) is 5.66. The summed E-state index contributed by atoms with van der Waals surface area (Å²) in [5.41, 5.74) is 3.22. The van der Waals surface area contributed by atoms with Gasteiger partial charge in [-0.25, -0.2) is 0 Å². The predicted octanol–water partition coefficient (Wildman–Crippen LogP) is 6.20. The fourth-order valence-corrected chi connectivity index (χ4v) is 5.66. The lowest BCUT2D eigenvalue weighted by Crippen LogP contribution is -2.49. The summed E-state index contributed by atoms with van der Waals surface area (Å²) in [6, 6.07) is 30.2. The van der Waals surface area contributed by atoms with Crippen LogP contribution in [0.5, 0.6) is 0 Å². The van der Waals surface area contributed by atoms with Crippen molar-refractivity contribution in [1.29, 1.82) is 0 Å². The maximum Gasteiger partial charge on any atom is 0.169 e. The minimum atomic E-state index is -0.876. The molecule has 1 spiro atoms. The Morgan fingerprint density at radius 1 is 0.700 bits per heavy atom. The molecule has 5 atom stereocenters. The molecule has 1 N–H and O–H groups in total. The van der Waals surface area contributed by atoms with Crippen LogP contribution in [0.2, 0.25) is 0 Å². The molecular formula is C34H42O6. The molecule has 1 aliphatic carbocycles. The van der Waals surface area contributed by atoms with Gasteiger partial charge in [-0.1, -0.05) is 97.4 Å². The lowest BCUT2D eigenvalue weighted by atomic mass is 9.94.